The van der Waals surface area contributed by atoms with Crippen molar-refractivity contribution < 1.29 is 9.59 Å². The summed E-state index contributed by atoms with van der Waals surface area (Å²) in [6.07, 6.45) is 7.91. The Kier molecular flexibility index (Phi) is 5.35. The van der Waals surface area contributed by atoms with Gasteiger partial charge in [-0.05, 0) is 43.6 Å². The Bertz CT molecular complexity index is 1050. The first-order valence-corrected chi connectivity index (χ1v) is 11.7. The summed E-state index contributed by atoms with van der Waals surface area (Å²) in [5, 5.41) is 10.9. The minimum atomic E-state index is -0.292. The molecule has 170 valence electrons. The van der Waals surface area contributed by atoms with Crippen molar-refractivity contribution in [2.75, 3.05) is 18.4 Å². The van der Waals surface area contributed by atoms with Gasteiger partial charge in [-0.3, -0.25) is 14.8 Å². The van der Waals surface area contributed by atoms with Crippen molar-refractivity contribution in [2.24, 2.45) is 11.3 Å². The Labute approximate surface area is 192 Å². The molecule has 0 spiro atoms. The maximum atomic E-state index is 12.6. The second-order valence-corrected chi connectivity index (χ2v) is 10.4. The van der Waals surface area contributed by atoms with E-state index >= 15 is 0 Å². The van der Waals surface area contributed by atoms with Crippen LogP contribution in [0.3, 0.4) is 0 Å². The number of nitrogens with zero attached hydrogens (tertiary/aromatic N) is 4. The Morgan fingerprint density at radius 3 is 2.59 bits per heavy atom. The van der Waals surface area contributed by atoms with Crippen LogP contribution in [0.5, 0.6) is 0 Å². The second kappa shape index (κ2) is 8.06. The van der Waals surface area contributed by atoms with Gasteiger partial charge in [-0.15, -0.1) is 0 Å². The summed E-state index contributed by atoms with van der Waals surface area (Å²) < 4.78 is 2.03. The number of hydrogen-bond donors (Lipinski definition) is 2. The average Bonchev–Trinajstić information content (AvgIpc) is 3.46. The third kappa shape index (κ3) is 4.33. The number of halogens is 1. The normalized spacial score (nSPS) is 20.2. The Balaban J connectivity index is 1.21. The van der Waals surface area contributed by atoms with Crippen LogP contribution in [0.4, 0.5) is 10.6 Å². The summed E-state index contributed by atoms with van der Waals surface area (Å²) in [4.78, 5) is 31.0. The summed E-state index contributed by atoms with van der Waals surface area (Å²) in [6.45, 7) is 6.73. The van der Waals surface area contributed by atoms with Crippen molar-refractivity contribution in [2.45, 2.75) is 58.5 Å². The lowest BCUT2D eigenvalue weighted by molar-refractivity contribution is -0.133. The maximum Gasteiger partial charge on any atom is 0.320 e. The zero-order valence-electron chi connectivity index (χ0n) is 18.5. The maximum absolute atomic E-state index is 12.6. The number of fused-ring (bicyclic) bond motifs is 1. The van der Waals surface area contributed by atoms with Crippen molar-refractivity contribution in [3.05, 3.63) is 29.2 Å². The minimum absolute atomic E-state index is 0.0474. The molecule has 8 nitrogen and oxygen atoms in total. The number of anilines is 1. The largest absolute Gasteiger partial charge is 0.342 e. The van der Waals surface area contributed by atoms with E-state index < -0.39 is 0 Å². The number of pyridine rings is 1. The van der Waals surface area contributed by atoms with Crippen LogP contribution < -0.4 is 10.6 Å². The molecule has 2 aromatic heterocycles. The monoisotopic (exact) mass is 456 g/mol. The highest BCUT2D eigenvalue weighted by Gasteiger charge is 2.35. The van der Waals surface area contributed by atoms with Crippen LogP contribution in [-0.4, -0.2) is 50.7 Å². The Morgan fingerprint density at radius 2 is 1.88 bits per heavy atom. The van der Waals surface area contributed by atoms with Gasteiger partial charge in [0, 0.05) is 54.6 Å². The van der Waals surface area contributed by atoms with Gasteiger partial charge in [0.25, 0.3) is 0 Å². The van der Waals surface area contributed by atoms with Gasteiger partial charge in [-0.25, -0.2) is 9.78 Å². The molecule has 2 aliphatic heterocycles. The first-order valence-electron chi connectivity index (χ1n) is 11.4. The number of urea groups is 1. The lowest BCUT2D eigenvalue weighted by atomic mass is 9.89. The van der Waals surface area contributed by atoms with Gasteiger partial charge in [-0.1, -0.05) is 25.4 Å². The number of carbonyl (C=O) groups is 2. The Morgan fingerprint density at radius 1 is 1.12 bits per heavy atom. The van der Waals surface area contributed by atoms with Crippen LogP contribution in [0.1, 0.15) is 45.2 Å². The topological polar surface area (TPSA) is 92.2 Å². The second-order valence-electron chi connectivity index (χ2n) is 10.0. The van der Waals surface area contributed by atoms with E-state index in [-0.39, 0.29) is 29.3 Å². The van der Waals surface area contributed by atoms with Gasteiger partial charge in [0.15, 0.2) is 0 Å². The standard InChI is InChI=1S/C23H29ClN6O2/c1-23(2)10-19-17(11-26-30(19)13-23)16-9-20(25-12-18(16)24)28-22(32)27-15-5-7-29(8-6-15)21(31)14-3-4-14/h9,11-12,14-15H,3-8,10,13H2,1-2H3,(H2,25,27,28,32). The fourth-order valence-corrected chi connectivity index (χ4v) is 4.96. The number of hydrogen-bond acceptors (Lipinski definition) is 4. The van der Waals surface area contributed by atoms with Crippen LogP contribution >= 0.6 is 11.6 Å². The highest BCUT2D eigenvalue weighted by atomic mass is 35.5. The van der Waals surface area contributed by atoms with Crippen molar-refractivity contribution in [3.8, 4) is 11.1 Å². The number of rotatable bonds is 4. The first kappa shape index (κ1) is 21.2. The molecule has 1 saturated heterocycles. The van der Waals surface area contributed by atoms with Crippen molar-refractivity contribution in [3.63, 3.8) is 0 Å². The first-order chi connectivity index (χ1) is 15.3. The number of likely N-dealkylation sites (tertiary alicyclic amines) is 1. The number of aromatic nitrogens is 3. The Hall–Kier alpha value is -2.61. The fraction of sp³-hybridized carbons (Fsp3) is 0.565. The van der Waals surface area contributed by atoms with Gasteiger partial charge in [0.2, 0.25) is 5.91 Å². The summed E-state index contributed by atoms with van der Waals surface area (Å²) in [7, 11) is 0. The van der Waals surface area contributed by atoms with Gasteiger partial charge in [0.05, 0.1) is 11.2 Å². The van der Waals surface area contributed by atoms with Crippen LogP contribution in [0.15, 0.2) is 18.5 Å². The van der Waals surface area contributed by atoms with Crippen LogP contribution in [0.2, 0.25) is 5.02 Å². The quantitative estimate of drug-likeness (QED) is 0.733. The van der Waals surface area contributed by atoms with E-state index in [1.165, 1.54) is 0 Å². The molecule has 1 aliphatic carbocycles. The SMILES string of the molecule is CC1(C)Cc2c(-c3cc(NC(=O)NC4CCN(C(=O)C5CC5)CC4)ncc3Cl)cnn2C1. The molecule has 0 radical (unpaired) electrons. The molecule has 0 atom stereocenters. The van der Waals surface area contributed by atoms with Crippen LogP contribution in [-0.2, 0) is 17.8 Å². The average molecular weight is 457 g/mol. The third-order valence-electron chi connectivity index (χ3n) is 6.63. The van der Waals surface area contributed by atoms with Crippen molar-refractivity contribution >= 4 is 29.4 Å². The number of piperidine rings is 1. The third-order valence-corrected chi connectivity index (χ3v) is 6.93. The molecule has 9 heteroatoms. The molecular weight excluding hydrogens is 428 g/mol. The summed E-state index contributed by atoms with van der Waals surface area (Å²) in [5.41, 5.74) is 3.13. The van der Waals surface area contributed by atoms with E-state index in [2.05, 4.69) is 34.6 Å². The summed E-state index contributed by atoms with van der Waals surface area (Å²) in [5.74, 6) is 0.970. The lowest BCUT2D eigenvalue weighted by Crippen LogP contribution is -2.48. The molecule has 5 rings (SSSR count). The molecule has 0 aromatic carbocycles. The molecule has 0 unspecified atom stereocenters. The molecule has 32 heavy (non-hydrogen) atoms. The van der Waals surface area contributed by atoms with Crippen LogP contribution in [0, 0.1) is 11.3 Å². The number of nitrogens with one attached hydrogen (secondary N) is 2. The molecule has 4 heterocycles. The smallest absolute Gasteiger partial charge is 0.320 e. The molecule has 3 amide bonds. The lowest BCUT2D eigenvalue weighted by Gasteiger charge is -2.32. The zero-order valence-corrected chi connectivity index (χ0v) is 19.3. The summed E-state index contributed by atoms with van der Waals surface area (Å²) >= 11 is 6.46. The molecule has 2 aromatic rings. The molecule has 1 saturated carbocycles. The van der Waals surface area contributed by atoms with Gasteiger partial charge >= 0.3 is 6.03 Å². The molecule has 3 aliphatic rings. The van der Waals surface area contributed by atoms with Crippen LogP contribution in [0.25, 0.3) is 11.1 Å². The zero-order chi connectivity index (χ0) is 22.5. The minimum Gasteiger partial charge on any atom is -0.342 e. The fourth-order valence-electron chi connectivity index (χ4n) is 4.76. The highest BCUT2D eigenvalue weighted by Crippen LogP contribution is 2.39. The molecule has 0 bridgehead atoms. The number of carbonyl (C=O) groups excluding carboxylic acids is 2. The van der Waals surface area contributed by atoms with E-state index in [1.54, 1.807) is 6.20 Å². The van der Waals surface area contributed by atoms with Gasteiger partial charge in [0.1, 0.15) is 5.82 Å². The van der Waals surface area contributed by atoms with Crippen molar-refractivity contribution in [1.29, 1.82) is 0 Å². The summed E-state index contributed by atoms with van der Waals surface area (Å²) in [6, 6.07) is 1.56. The van der Waals surface area contributed by atoms with Gasteiger partial charge in [-0.2, -0.15) is 5.10 Å². The van der Waals surface area contributed by atoms with E-state index in [0.29, 0.717) is 23.9 Å². The predicted molar refractivity (Wildman–Crippen MR) is 122 cm³/mol. The van der Waals surface area contributed by atoms with E-state index in [0.717, 1.165) is 55.5 Å². The molecular formula is C23H29ClN6O2. The van der Waals surface area contributed by atoms with E-state index in [4.69, 9.17) is 11.6 Å². The number of amides is 3. The van der Waals surface area contributed by atoms with Crippen molar-refractivity contribution in [1.82, 2.24) is 25.0 Å². The van der Waals surface area contributed by atoms with E-state index in [9.17, 15) is 9.59 Å². The molecule has 2 N–H and O–H groups in total. The highest BCUT2D eigenvalue weighted by molar-refractivity contribution is 6.33. The van der Waals surface area contributed by atoms with E-state index in [1.807, 2.05) is 21.8 Å². The molecule has 2 fully saturated rings. The van der Waals surface area contributed by atoms with Gasteiger partial charge < -0.3 is 10.2 Å². The predicted octanol–water partition coefficient (Wildman–Crippen LogP) is 3.70.